The molecule has 1 aromatic heterocycles. The molecule has 0 aliphatic carbocycles. The van der Waals surface area contributed by atoms with Gasteiger partial charge in [0.25, 0.3) is 0 Å². The van der Waals surface area contributed by atoms with Crippen molar-refractivity contribution in [1.29, 1.82) is 0 Å². The Morgan fingerprint density at radius 1 is 1.56 bits per heavy atom. The monoisotopic (exact) mass is 284 g/mol. The summed E-state index contributed by atoms with van der Waals surface area (Å²) in [7, 11) is 0. The molecule has 2 rings (SSSR count). The first kappa shape index (κ1) is 11.9. The lowest BCUT2D eigenvalue weighted by atomic mass is 10.1. The molecule has 0 spiro atoms. The number of pyridine rings is 1. The number of nitrogens with zero attached hydrogens (tertiary/aromatic N) is 2. The van der Waals surface area contributed by atoms with Crippen LogP contribution < -0.4 is 4.90 Å². The van der Waals surface area contributed by atoms with Crippen LogP contribution in [-0.2, 0) is 0 Å². The molecular formula is C12H17BrN2O. The number of rotatable bonds is 4. The SMILES string of the molecule is OCCCC1CCCN1c1ccncc1Br. The summed E-state index contributed by atoms with van der Waals surface area (Å²) in [6.45, 7) is 1.40. The van der Waals surface area contributed by atoms with Crippen LogP contribution in [0.4, 0.5) is 5.69 Å². The van der Waals surface area contributed by atoms with E-state index in [1.807, 2.05) is 12.4 Å². The van der Waals surface area contributed by atoms with Crippen molar-refractivity contribution in [3.8, 4) is 0 Å². The predicted molar refractivity (Wildman–Crippen MR) is 68.6 cm³/mol. The zero-order valence-corrected chi connectivity index (χ0v) is 10.9. The molecule has 1 aliphatic rings. The van der Waals surface area contributed by atoms with Crippen LogP contribution in [0.1, 0.15) is 25.7 Å². The van der Waals surface area contributed by atoms with Gasteiger partial charge in [-0.2, -0.15) is 0 Å². The van der Waals surface area contributed by atoms with Crippen LogP contribution in [0, 0.1) is 0 Å². The summed E-state index contributed by atoms with van der Waals surface area (Å²) in [6, 6.07) is 2.63. The van der Waals surface area contributed by atoms with Gasteiger partial charge in [0.2, 0.25) is 0 Å². The van der Waals surface area contributed by atoms with Crippen molar-refractivity contribution in [2.24, 2.45) is 0 Å². The van der Waals surface area contributed by atoms with Crippen molar-refractivity contribution < 1.29 is 5.11 Å². The Morgan fingerprint density at radius 2 is 2.44 bits per heavy atom. The minimum absolute atomic E-state index is 0.294. The number of aromatic nitrogens is 1. The first-order valence-corrected chi connectivity index (χ1v) is 6.59. The van der Waals surface area contributed by atoms with Crippen molar-refractivity contribution in [2.45, 2.75) is 31.7 Å². The van der Waals surface area contributed by atoms with Crippen LogP contribution >= 0.6 is 15.9 Å². The Hall–Kier alpha value is -0.610. The second-order valence-electron chi connectivity index (χ2n) is 4.18. The first-order chi connectivity index (χ1) is 7.83. The molecular weight excluding hydrogens is 268 g/mol. The molecule has 0 saturated carbocycles. The van der Waals surface area contributed by atoms with E-state index in [1.54, 1.807) is 0 Å². The molecule has 1 saturated heterocycles. The van der Waals surface area contributed by atoms with E-state index in [-0.39, 0.29) is 0 Å². The van der Waals surface area contributed by atoms with E-state index < -0.39 is 0 Å². The fourth-order valence-corrected chi connectivity index (χ4v) is 2.86. The zero-order chi connectivity index (χ0) is 11.4. The highest BCUT2D eigenvalue weighted by atomic mass is 79.9. The molecule has 2 heterocycles. The summed E-state index contributed by atoms with van der Waals surface area (Å²) in [5.41, 5.74) is 1.23. The predicted octanol–water partition coefficient (Wildman–Crippen LogP) is 2.59. The van der Waals surface area contributed by atoms with Crippen molar-refractivity contribution in [1.82, 2.24) is 4.98 Å². The van der Waals surface area contributed by atoms with Gasteiger partial charge in [-0.25, -0.2) is 0 Å². The highest BCUT2D eigenvalue weighted by Crippen LogP contribution is 2.32. The van der Waals surface area contributed by atoms with Crippen LogP contribution in [0.15, 0.2) is 22.9 Å². The number of hydrogen-bond donors (Lipinski definition) is 1. The van der Waals surface area contributed by atoms with Crippen LogP contribution in [0.25, 0.3) is 0 Å². The molecule has 1 N–H and O–H groups in total. The Kier molecular flexibility index (Phi) is 4.18. The van der Waals surface area contributed by atoms with Gasteiger partial charge in [0, 0.05) is 31.6 Å². The van der Waals surface area contributed by atoms with Crippen molar-refractivity contribution >= 4 is 21.6 Å². The van der Waals surface area contributed by atoms with E-state index >= 15 is 0 Å². The Morgan fingerprint density at radius 3 is 3.19 bits per heavy atom. The topological polar surface area (TPSA) is 36.4 Å². The maximum absolute atomic E-state index is 8.90. The summed E-state index contributed by atoms with van der Waals surface area (Å²) in [4.78, 5) is 6.52. The van der Waals surface area contributed by atoms with Gasteiger partial charge >= 0.3 is 0 Å². The van der Waals surface area contributed by atoms with E-state index in [9.17, 15) is 0 Å². The third-order valence-electron chi connectivity index (χ3n) is 3.13. The maximum Gasteiger partial charge on any atom is 0.0592 e. The average molecular weight is 285 g/mol. The number of aliphatic hydroxyl groups is 1. The maximum atomic E-state index is 8.90. The molecule has 1 atom stereocenters. The summed E-state index contributed by atoms with van der Waals surface area (Å²) < 4.78 is 1.06. The van der Waals surface area contributed by atoms with Gasteiger partial charge < -0.3 is 10.0 Å². The molecule has 1 aromatic rings. The minimum atomic E-state index is 0.294. The fraction of sp³-hybridized carbons (Fsp3) is 0.583. The summed E-state index contributed by atoms with van der Waals surface area (Å²) in [6.07, 6.45) is 8.12. The second-order valence-corrected chi connectivity index (χ2v) is 5.04. The third-order valence-corrected chi connectivity index (χ3v) is 3.74. The van der Waals surface area contributed by atoms with Gasteiger partial charge in [-0.05, 0) is 47.7 Å². The first-order valence-electron chi connectivity index (χ1n) is 5.80. The molecule has 0 amide bonds. The van der Waals surface area contributed by atoms with Crippen LogP contribution in [0.3, 0.4) is 0 Å². The van der Waals surface area contributed by atoms with Gasteiger partial charge in [0.1, 0.15) is 0 Å². The molecule has 1 aliphatic heterocycles. The van der Waals surface area contributed by atoms with Crippen molar-refractivity contribution in [3.63, 3.8) is 0 Å². The number of aliphatic hydroxyl groups excluding tert-OH is 1. The molecule has 0 bridgehead atoms. The zero-order valence-electron chi connectivity index (χ0n) is 9.27. The molecule has 3 nitrogen and oxygen atoms in total. The molecule has 88 valence electrons. The second kappa shape index (κ2) is 5.64. The molecule has 1 fully saturated rings. The smallest absolute Gasteiger partial charge is 0.0592 e. The van der Waals surface area contributed by atoms with Gasteiger partial charge in [0.15, 0.2) is 0 Å². The highest BCUT2D eigenvalue weighted by molar-refractivity contribution is 9.10. The van der Waals surface area contributed by atoms with Crippen molar-refractivity contribution in [2.75, 3.05) is 18.1 Å². The number of anilines is 1. The standard InChI is InChI=1S/C12H17BrN2O/c13-11-9-14-6-5-12(11)15-7-1-3-10(15)4-2-8-16/h5-6,9-10,16H,1-4,7-8H2. The molecule has 1 unspecified atom stereocenters. The van der Waals surface area contributed by atoms with Gasteiger partial charge in [-0.3, -0.25) is 4.98 Å². The van der Waals surface area contributed by atoms with Crippen molar-refractivity contribution in [3.05, 3.63) is 22.9 Å². The molecule has 4 heteroatoms. The Balaban J connectivity index is 2.10. The van der Waals surface area contributed by atoms with E-state index in [0.717, 1.165) is 23.9 Å². The summed E-state index contributed by atoms with van der Waals surface area (Å²) in [5.74, 6) is 0. The Bertz CT molecular complexity index is 346. The van der Waals surface area contributed by atoms with Crippen LogP contribution in [-0.4, -0.2) is 29.3 Å². The van der Waals surface area contributed by atoms with Crippen LogP contribution in [0.2, 0.25) is 0 Å². The van der Waals surface area contributed by atoms with E-state index in [0.29, 0.717) is 12.6 Å². The lowest BCUT2D eigenvalue weighted by Gasteiger charge is -2.27. The van der Waals surface area contributed by atoms with Gasteiger partial charge in [-0.1, -0.05) is 0 Å². The fourth-order valence-electron chi connectivity index (χ4n) is 2.38. The lowest BCUT2D eigenvalue weighted by molar-refractivity contribution is 0.279. The van der Waals surface area contributed by atoms with E-state index in [1.165, 1.54) is 18.5 Å². The van der Waals surface area contributed by atoms with E-state index in [2.05, 4.69) is 31.9 Å². The molecule has 0 aromatic carbocycles. The normalized spacial score (nSPS) is 20.4. The molecule has 0 radical (unpaired) electrons. The number of hydrogen-bond acceptors (Lipinski definition) is 3. The van der Waals surface area contributed by atoms with E-state index in [4.69, 9.17) is 5.11 Å². The largest absolute Gasteiger partial charge is 0.396 e. The number of halogens is 1. The summed E-state index contributed by atoms with van der Waals surface area (Å²) in [5, 5.41) is 8.90. The van der Waals surface area contributed by atoms with Gasteiger partial charge in [-0.15, -0.1) is 0 Å². The third kappa shape index (κ3) is 2.55. The van der Waals surface area contributed by atoms with Crippen LogP contribution in [0.5, 0.6) is 0 Å². The van der Waals surface area contributed by atoms with Gasteiger partial charge in [0.05, 0.1) is 10.2 Å². The Labute approximate surface area is 105 Å². The minimum Gasteiger partial charge on any atom is -0.396 e. The highest BCUT2D eigenvalue weighted by Gasteiger charge is 2.25. The lowest BCUT2D eigenvalue weighted by Crippen LogP contribution is -2.29. The quantitative estimate of drug-likeness (QED) is 0.923. The summed E-state index contributed by atoms with van der Waals surface area (Å²) >= 11 is 3.55. The average Bonchev–Trinajstić information content (AvgIpc) is 2.75. The molecule has 16 heavy (non-hydrogen) atoms.